The van der Waals surface area contributed by atoms with Crippen LogP contribution in [0.3, 0.4) is 0 Å². The summed E-state index contributed by atoms with van der Waals surface area (Å²) < 4.78 is 31.8. The van der Waals surface area contributed by atoms with Crippen LogP contribution in [0.1, 0.15) is 16.2 Å². The van der Waals surface area contributed by atoms with Gasteiger partial charge in [0.25, 0.3) is 10.0 Å². The standard InChI is InChI=1S/C13H12IN5O5S.Na.H/c1-7-15-6-16-12(17-7)18-13(21)19-25(22,23)10-5-8(14)3-4-9(10)11(20)24-2;;/h3-6H,1-2H3,(H2,15,16,17,18,19,21);;. The van der Waals surface area contributed by atoms with Crippen LogP contribution in [0.25, 0.3) is 0 Å². The molecular weight excluding hydrogens is 488 g/mol. The van der Waals surface area contributed by atoms with E-state index >= 15 is 0 Å². The van der Waals surface area contributed by atoms with E-state index in [2.05, 4.69) is 25.0 Å². The summed E-state index contributed by atoms with van der Waals surface area (Å²) >= 11 is 1.88. The molecule has 0 unspecified atom stereocenters. The van der Waals surface area contributed by atoms with E-state index in [-0.39, 0.29) is 46.0 Å². The Hall–Kier alpha value is -1.35. The molecule has 2 aromatic rings. The number of amides is 2. The normalized spacial score (nSPS) is 10.4. The number of aryl methyl sites for hydroxylation is 1. The first kappa shape index (κ1) is 22.7. The first-order chi connectivity index (χ1) is 11.7. The first-order valence-corrected chi connectivity index (χ1v) is 9.16. The number of nitrogens with zero attached hydrogens (tertiary/aromatic N) is 3. The summed E-state index contributed by atoms with van der Waals surface area (Å²) in [6.07, 6.45) is 1.17. The van der Waals surface area contributed by atoms with Crippen molar-refractivity contribution in [1.29, 1.82) is 0 Å². The second kappa shape index (κ2) is 9.55. The summed E-state index contributed by atoms with van der Waals surface area (Å²) in [4.78, 5) is 34.6. The maximum atomic E-state index is 12.5. The van der Waals surface area contributed by atoms with Gasteiger partial charge >= 0.3 is 41.6 Å². The number of carbonyl (C=O) groups is 2. The number of hydrogen-bond donors (Lipinski definition) is 2. The first-order valence-electron chi connectivity index (χ1n) is 6.60. The van der Waals surface area contributed by atoms with Crippen LogP contribution < -0.4 is 10.0 Å². The van der Waals surface area contributed by atoms with Gasteiger partial charge < -0.3 is 4.74 Å². The summed E-state index contributed by atoms with van der Waals surface area (Å²) in [6, 6.07) is 3.00. The SMILES string of the molecule is COC(=O)c1ccc(I)cc1S(=O)(=O)NC(=O)Nc1ncnc(C)n1.[NaH]. The quantitative estimate of drug-likeness (QED) is 0.350. The van der Waals surface area contributed by atoms with Crippen molar-refractivity contribution in [3.8, 4) is 0 Å². The van der Waals surface area contributed by atoms with E-state index < -0.39 is 22.0 Å². The van der Waals surface area contributed by atoms with Gasteiger partial charge in [0.1, 0.15) is 17.0 Å². The third-order valence-electron chi connectivity index (χ3n) is 2.78. The number of anilines is 1. The molecule has 1 aromatic heterocycles. The van der Waals surface area contributed by atoms with Crippen LogP contribution >= 0.6 is 22.6 Å². The molecule has 0 bridgehead atoms. The Balaban J connectivity index is 0.00000338. The van der Waals surface area contributed by atoms with Gasteiger partial charge in [-0.25, -0.2) is 32.7 Å². The van der Waals surface area contributed by atoms with Crippen LogP contribution in [0.2, 0.25) is 0 Å². The number of benzene rings is 1. The fourth-order valence-corrected chi connectivity index (χ4v) is 3.57. The monoisotopic (exact) mass is 501 g/mol. The number of ether oxygens (including phenoxy) is 1. The average molecular weight is 501 g/mol. The van der Waals surface area contributed by atoms with Crippen molar-refractivity contribution >= 4 is 80.1 Å². The molecule has 13 heteroatoms. The van der Waals surface area contributed by atoms with Gasteiger partial charge in [-0.2, -0.15) is 4.98 Å². The van der Waals surface area contributed by atoms with Gasteiger partial charge in [-0.05, 0) is 47.7 Å². The van der Waals surface area contributed by atoms with E-state index in [1.54, 1.807) is 17.7 Å². The van der Waals surface area contributed by atoms with E-state index in [4.69, 9.17) is 0 Å². The number of aromatic nitrogens is 3. The summed E-state index contributed by atoms with van der Waals surface area (Å²) in [5.41, 5.74) is -0.195. The molecule has 10 nitrogen and oxygen atoms in total. The van der Waals surface area contributed by atoms with Crippen molar-refractivity contribution in [3.05, 3.63) is 39.5 Å². The summed E-state index contributed by atoms with van der Waals surface area (Å²) in [6.45, 7) is 1.58. The fraction of sp³-hybridized carbons (Fsp3) is 0.154. The van der Waals surface area contributed by atoms with Gasteiger partial charge in [-0.3, -0.25) is 5.32 Å². The summed E-state index contributed by atoms with van der Waals surface area (Å²) in [7, 11) is -3.21. The molecular formula is C13H13IN5NaO5S. The molecule has 0 atom stereocenters. The Morgan fingerprint density at radius 3 is 2.54 bits per heavy atom. The molecule has 0 aliphatic carbocycles. The molecule has 0 saturated heterocycles. The number of carbonyl (C=O) groups excluding carboxylic acids is 2. The number of methoxy groups -OCH3 is 1. The topological polar surface area (TPSA) is 140 Å². The third-order valence-corrected chi connectivity index (χ3v) is 4.83. The number of rotatable bonds is 4. The van der Waals surface area contributed by atoms with Gasteiger partial charge in [-0.15, -0.1) is 0 Å². The van der Waals surface area contributed by atoms with Crippen LogP contribution in [-0.4, -0.2) is 72.0 Å². The number of nitrogens with one attached hydrogen (secondary N) is 2. The van der Waals surface area contributed by atoms with E-state index in [1.165, 1.54) is 18.5 Å². The zero-order chi connectivity index (χ0) is 18.6. The molecule has 1 aromatic carbocycles. The van der Waals surface area contributed by atoms with Crippen molar-refractivity contribution in [3.63, 3.8) is 0 Å². The van der Waals surface area contributed by atoms with Crippen LogP contribution in [0, 0.1) is 10.5 Å². The number of esters is 1. The van der Waals surface area contributed by atoms with Crippen LogP contribution in [0.4, 0.5) is 10.7 Å². The van der Waals surface area contributed by atoms with Crippen molar-refractivity contribution in [2.75, 3.05) is 12.4 Å². The Labute approximate surface area is 185 Å². The molecule has 0 spiro atoms. The third kappa shape index (κ3) is 5.84. The van der Waals surface area contributed by atoms with Gasteiger partial charge in [0, 0.05) is 3.57 Å². The number of hydrogen-bond acceptors (Lipinski definition) is 8. The minimum absolute atomic E-state index is 0. The van der Waals surface area contributed by atoms with Crippen molar-refractivity contribution in [2.45, 2.75) is 11.8 Å². The molecule has 0 fully saturated rings. The van der Waals surface area contributed by atoms with E-state index in [9.17, 15) is 18.0 Å². The zero-order valence-electron chi connectivity index (χ0n) is 13.0. The Bertz CT molecular complexity index is 940. The number of halogens is 1. The number of sulfonamides is 1. The second-order valence-electron chi connectivity index (χ2n) is 4.55. The Morgan fingerprint density at radius 1 is 1.23 bits per heavy atom. The van der Waals surface area contributed by atoms with Gasteiger partial charge in [-0.1, -0.05) is 0 Å². The minimum atomic E-state index is -4.34. The number of urea groups is 1. The molecule has 2 N–H and O–H groups in total. The predicted octanol–water partition coefficient (Wildman–Crippen LogP) is 0.433. The molecule has 0 aliphatic heterocycles. The molecule has 0 saturated carbocycles. The molecule has 1 heterocycles. The van der Waals surface area contributed by atoms with Crippen molar-refractivity contribution in [2.24, 2.45) is 0 Å². The predicted molar refractivity (Wildman–Crippen MR) is 102 cm³/mol. The Morgan fingerprint density at radius 2 is 1.92 bits per heavy atom. The molecule has 2 amide bonds. The second-order valence-corrected chi connectivity index (χ2v) is 7.44. The van der Waals surface area contributed by atoms with Crippen LogP contribution in [-0.2, 0) is 14.8 Å². The molecule has 0 aliphatic rings. The summed E-state index contributed by atoms with van der Waals surface area (Å²) in [5, 5.41) is 2.18. The van der Waals surface area contributed by atoms with E-state index in [0.717, 1.165) is 7.11 Å². The van der Waals surface area contributed by atoms with Crippen LogP contribution in [0.15, 0.2) is 29.4 Å². The van der Waals surface area contributed by atoms with E-state index in [1.807, 2.05) is 22.6 Å². The molecule has 0 radical (unpaired) electrons. The van der Waals surface area contributed by atoms with Crippen molar-refractivity contribution < 1.29 is 22.7 Å². The Kier molecular flexibility index (Phi) is 8.33. The van der Waals surface area contributed by atoms with Crippen molar-refractivity contribution in [1.82, 2.24) is 19.7 Å². The zero-order valence-corrected chi connectivity index (χ0v) is 16.0. The average Bonchev–Trinajstić information content (AvgIpc) is 2.53. The van der Waals surface area contributed by atoms with E-state index in [0.29, 0.717) is 9.39 Å². The fourth-order valence-electron chi connectivity index (χ4n) is 1.74. The summed E-state index contributed by atoms with van der Waals surface area (Å²) in [5.74, 6) is -0.611. The maximum absolute atomic E-state index is 12.5. The molecule has 134 valence electrons. The molecule has 2 rings (SSSR count). The van der Waals surface area contributed by atoms with Gasteiger partial charge in [0.15, 0.2) is 0 Å². The van der Waals surface area contributed by atoms with Crippen LogP contribution in [0.5, 0.6) is 0 Å². The van der Waals surface area contributed by atoms with Gasteiger partial charge in [0.05, 0.1) is 12.7 Å². The molecule has 26 heavy (non-hydrogen) atoms. The van der Waals surface area contributed by atoms with Gasteiger partial charge in [0.2, 0.25) is 5.95 Å².